The summed E-state index contributed by atoms with van der Waals surface area (Å²) in [5.74, 6) is -0.421. The Labute approximate surface area is 123 Å². The van der Waals surface area contributed by atoms with Crippen LogP contribution in [0.25, 0.3) is 0 Å². The zero-order chi connectivity index (χ0) is 15.4. The van der Waals surface area contributed by atoms with Crippen LogP contribution in [0.3, 0.4) is 0 Å². The van der Waals surface area contributed by atoms with Crippen LogP contribution < -0.4 is 10.6 Å². The van der Waals surface area contributed by atoms with E-state index in [1.165, 1.54) is 0 Å². The molecular formula is C13H21N5O3. The predicted octanol–water partition coefficient (Wildman–Crippen LogP) is 0.411. The Hall–Kier alpha value is -2.12. The highest BCUT2D eigenvalue weighted by molar-refractivity contribution is 5.91. The Balaban J connectivity index is 1.97. The first-order chi connectivity index (χ1) is 10.0. The second kappa shape index (κ2) is 6.55. The van der Waals surface area contributed by atoms with E-state index in [2.05, 4.69) is 20.7 Å². The standard InChI is InChI=1S/C13H21N5O3/c1-4-21-12(20)8(2)9(3)15-11(19)10-16-13-14-6-5-7-18(13)17-10/h8-9H,4-7H2,1-3H3,(H,15,19)(H,14,16,17). The van der Waals surface area contributed by atoms with Crippen LogP contribution in [0.1, 0.15) is 37.8 Å². The fourth-order valence-electron chi connectivity index (χ4n) is 2.03. The summed E-state index contributed by atoms with van der Waals surface area (Å²) in [6, 6.07) is -0.356. The van der Waals surface area contributed by atoms with Gasteiger partial charge in [-0.05, 0) is 27.2 Å². The second-order valence-electron chi connectivity index (χ2n) is 5.07. The molecule has 0 aromatic carbocycles. The van der Waals surface area contributed by atoms with E-state index in [-0.39, 0.29) is 23.7 Å². The van der Waals surface area contributed by atoms with Crippen LogP contribution in [0.2, 0.25) is 0 Å². The largest absolute Gasteiger partial charge is 0.466 e. The Morgan fingerprint density at radius 3 is 2.90 bits per heavy atom. The third kappa shape index (κ3) is 3.50. The number of ether oxygens (including phenoxy) is 1. The Kier molecular flexibility index (Phi) is 4.77. The number of carbonyl (C=O) groups excluding carboxylic acids is 2. The second-order valence-corrected chi connectivity index (χ2v) is 5.07. The molecule has 2 heterocycles. The molecule has 2 rings (SSSR count). The number of amides is 1. The number of hydrogen-bond donors (Lipinski definition) is 2. The Morgan fingerprint density at radius 1 is 1.48 bits per heavy atom. The quantitative estimate of drug-likeness (QED) is 0.764. The van der Waals surface area contributed by atoms with Gasteiger partial charge in [-0.25, -0.2) is 4.68 Å². The van der Waals surface area contributed by atoms with Gasteiger partial charge in [-0.1, -0.05) is 0 Å². The molecule has 1 amide bonds. The summed E-state index contributed by atoms with van der Waals surface area (Å²) in [5.41, 5.74) is 0. The normalized spacial score (nSPS) is 16.3. The number of nitrogens with zero attached hydrogens (tertiary/aromatic N) is 3. The lowest BCUT2D eigenvalue weighted by atomic mass is 10.0. The molecule has 0 spiro atoms. The fraction of sp³-hybridized carbons (Fsp3) is 0.692. The summed E-state index contributed by atoms with van der Waals surface area (Å²) in [6.07, 6.45) is 0.952. The summed E-state index contributed by atoms with van der Waals surface area (Å²) in [6.45, 7) is 7.13. The molecule has 1 aromatic rings. The number of fused-ring (bicyclic) bond motifs is 1. The average molecular weight is 295 g/mol. The van der Waals surface area contributed by atoms with E-state index in [0.29, 0.717) is 12.6 Å². The van der Waals surface area contributed by atoms with Gasteiger partial charge in [0.1, 0.15) is 0 Å². The molecule has 0 bridgehead atoms. The number of esters is 1. The van der Waals surface area contributed by atoms with E-state index in [1.807, 2.05) is 0 Å². The van der Waals surface area contributed by atoms with Crippen LogP contribution in [-0.2, 0) is 16.1 Å². The summed E-state index contributed by atoms with van der Waals surface area (Å²) >= 11 is 0. The van der Waals surface area contributed by atoms with Crippen molar-refractivity contribution in [2.75, 3.05) is 18.5 Å². The maximum atomic E-state index is 12.1. The number of aryl methyl sites for hydroxylation is 1. The minimum absolute atomic E-state index is 0.113. The van der Waals surface area contributed by atoms with Gasteiger partial charge in [0.2, 0.25) is 11.8 Å². The molecule has 2 unspecified atom stereocenters. The highest BCUT2D eigenvalue weighted by Gasteiger charge is 2.25. The molecule has 1 aliphatic heterocycles. The number of anilines is 1. The molecule has 0 saturated heterocycles. The van der Waals surface area contributed by atoms with E-state index in [4.69, 9.17) is 4.74 Å². The van der Waals surface area contributed by atoms with E-state index >= 15 is 0 Å². The van der Waals surface area contributed by atoms with Gasteiger partial charge in [-0.15, -0.1) is 5.10 Å². The third-order valence-corrected chi connectivity index (χ3v) is 3.47. The van der Waals surface area contributed by atoms with Gasteiger partial charge in [0.25, 0.3) is 5.91 Å². The van der Waals surface area contributed by atoms with Crippen molar-refractivity contribution in [2.24, 2.45) is 5.92 Å². The first kappa shape index (κ1) is 15.3. The highest BCUT2D eigenvalue weighted by atomic mass is 16.5. The molecule has 8 nitrogen and oxygen atoms in total. The summed E-state index contributed by atoms with van der Waals surface area (Å²) in [7, 11) is 0. The molecule has 0 fully saturated rings. The summed E-state index contributed by atoms with van der Waals surface area (Å²) < 4.78 is 6.62. The molecular weight excluding hydrogens is 274 g/mol. The van der Waals surface area contributed by atoms with Gasteiger partial charge < -0.3 is 15.4 Å². The number of hydrogen-bond acceptors (Lipinski definition) is 6. The molecule has 2 atom stereocenters. The first-order valence-corrected chi connectivity index (χ1v) is 7.19. The highest BCUT2D eigenvalue weighted by Crippen LogP contribution is 2.11. The van der Waals surface area contributed by atoms with Gasteiger partial charge in [0, 0.05) is 19.1 Å². The lowest BCUT2D eigenvalue weighted by molar-refractivity contribution is -0.148. The molecule has 0 saturated carbocycles. The molecule has 1 aliphatic rings. The van der Waals surface area contributed by atoms with Gasteiger partial charge in [-0.3, -0.25) is 9.59 Å². The Morgan fingerprint density at radius 2 is 2.24 bits per heavy atom. The third-order valence-electron chi connectivity index (χ3n) is 3.47. The van der Waals surface area contributed by atoms with Gasteiger partial charge in [0.05, 0.1) is 12.5 Å². The van der Waals surface area contributed by atoms with Crippen molar-refractivity contribution >= 4 is 17.8 Å². The van der Waals surface area contributed by atoms with Crippen molar-refractivity contribution in [3.63, 3.8) is 0 Å². The topological polar surface area (TPSA) is 98.1 Å². The summed E-state index contributed by atoms with van der Waals surface area (Å²) in [4.78, 5) is 27.9. The zero-order valence-electron chi connectivity index (χ0n) is 12.5. The SMILES string of the molecule is CCOC(=O)C(C)C(C)NC(=O)c1nc2n(n1)CCCN2. The molecule has 2 N–H and O–H groups in total. The smallest absolute Gasteiger partial charge is 0.310 e. The molecule has 21 heavy (non-hydrogen) atoms. The molecule has 0 radical (unpaired) electrons. The minimum atomic E-state index is -0.427. The van der Waals surface area contributed by atoms with Crippen LogP contribution in [-0.4, -0.2) is 45.8 Å². The van der Waals surface area contributed by atoms with Crippen LogP contribution >= 0.6 is 0 Å². The minimum Gasteiger partial charge on any atom is -0.466 e. The van der Waals surface area contributed by atoms with Crippen LogP contribution in [0.4, 0.5) is 5.95 Å². The monoisotopic (exact) mass is 295 g/mol. The number of nitrogens with one attached hydrogen (secondary N) is 2. The molecule has 116 valence electrons. The van der Waals surface area contributed by atoms with Crippen molar-refractivity contribution in [1.82, 2.24) is 20.1 Å². The van der Waals surface area contributed by atoms with Gasteiger partial charge in [-0.2, -0.15) is 4.98 Å². The molecule has 0 aliphatic carbocycles. The van der Waals surface area contributed by atoms with Crippen molar-refractivity contribution in [3.05, 3.63) is 5.82 Å². The number of aromatic nitrogens is 3. The summed E-state index contributed by atoms with van der Waals surface area (Å²) in [5, 5.41) is 9.98. The van der Waals surface area contributed by atoms with Crippen LogP contribution in [0.15, 0.2) is 0 Å². The molecule has 8 heteroatoms. The van der Waals surface area contributed by atoms with E-state index in [1.54, 1.807) is 25.5 Å². The van der Waals surface area contributed by atoms with Crippen molar-refractivity contribution in [2.45, 2.75) is 39.8 Å². The average Bonchev–Trinajstić information content (AvgIpc) is 2.90. The van der Waals surface area contributed by atoms with Gasteiger partial charge >= 0.3 is 5.97 Å². The number of carbonyl (C=O) groups is 2. The van der Waals surface area contributed by atoms with Crippen LogP contribution in [0.5, 0.6) is 0 Å². The fourth-order valence-corrected chi connectivity index (χ4v) is 2.03. The maximum Gasteiger partial charge on any atom is 0.310 e. The predicted molar refractivity (Wildman–Crippen MR) is 75.9 cm³/mol. The Bertz CT molecular complexity index is 504. The maximum absolute atomic E-state index is 12.1. The van der Waals surface area contributed by atoms with E-state index in [9.17, 15) is 9.59 Å². The van der Waals surface area contributed by atoms with Crippen molar-refractivity contribution in [1.29, 1.82) is 0 Å². The number of rotatable bonds is 5. The zero-order valence-corrected chi connectivity index (χ0v) is 12.5. The van der Waals surface area contributed by atoms with E-state index < -0.39 is 5.92 Å². The molecule has 1 aromatic heterocycles. The van der Waals surface area contributed by atoms with E-state index in [0.717, 1.165) is 19.5 Å². The lowest BCUT2D eigenvalue weighted by Crippen LogP contribution is -2.41. The van der Waals surface area contributed by atoms with Crippen molar-refractivity contribution in [3.8, 4) is 0 Å². The van der Waals surface area contributed by atoms with Gasteiger partial charge in [0.15, 0.2) is 0 Å². The lowest BCUT2D eigenvalue weighted by Gasteiger charge is -2.18. The van der Waals surface area contributed by atoms with Crippen LogP contribution in [0, 0.1) is 5.92 Å². The van der Waals surface area contributed by atoms with Crippen molar-refractivity contribution < 1.29 is 14.3 Å². The first-order valence-electron chi connectivity index (χ1n) is 7.19.